The third-order valence-corrected chi connectivity index (χ3v) is 4.92. The molecule has 2 unspecified atom stereocenters. The molecule has 2 atom stereocenters. The lowest BCUT2D eigenvalue weighted by Crippen LogP contribution is -2.40. The summed E-state index contributed by atoms with van der Waals surface area (Å²) in [5.41, 5.74) is 0. The van der Waals surface area contributed by atoms with Gasteiger partial charge < -0.3 is 10.0 Å². The fourth-order valence-electron chi connectivity index (χ4n) is 2.59. The van der Waals surface area contributed by atoms with Gasteiger partial charge in [0.15, 0.2) is 0 Å². The van der Waals surface area contributed by atoms with Crippen molar-refractivity contribution in [3.63, 3.8) is 0 Å². The van der Waals surface area contributed by atoms with Gasteiger partial charge in [-0.3, -0.25) is 0 Å². The Balaban J connectivity index is 1.92. The highest BCUT2D eigenvalue weighted by Crippen LogP contribution is 2.26. The highest BCUT2D eigenvalue weighted by atomic mass is 32.1. The number of hydrogen-bond acceptors (Lipinski definition) is 4. The standard InChI is InChI=1S/C14H24N2OS/c1-10(2)16-6-4-5-12(9-16)7-14-15-8-13(18-14)11(3)17/h8,10-12,17H,4-7,9H2,1-3H3. The molecule has 4 heteroatoms. The number of aliphatic hydroxyl groups excluding tert-OH is 1. The van der Waals surface area contributed by atoms with Gasteiger partial charge in [-0.1, -0.05) is 0 Å². The van der Waals surface area contributed by atoms with Crippen molar-refractivity contribution >= 4 is 11.3 Å². The van der Waals surface area contributed by atoms with Crippen LogP contribution in [0.3, 0.4) is 0 Å². The molecule has 0 saturated carbocycles. The zero-order chi connectivity index (χ0) is 13.1. The van der Waals surface area contributed by atoms with Crippen molar-refractivity contribution in [3.8, 4) is 0 Å². The van der Waals surface area contributed by atoms with E-state index in [1.807, 2.05) is 6.20 Å². The minimum atomic E-state index is -0.380. The highest BCUT2D eigenvalue weighted by Gasteiger charge is 2.22. The van der Waals surface area contributed by atoms with Gasteiger partial charge in [-0.15, -0.1) is 11.3 Å². The molecule has 0 aliphatic carbocycles. The Morgan fingerprint density at radius 2 is 2.28 bits per heavy atom. The Labute approximate surface area is 114 Å². The van der Waals surface area contributed by atoms with E-state index in [-0.39, 0.29) is 6.10 Å². The van der Waals surface area contributed by atoms with Gasteiger partial charge in [-0.2, -0.15) is 0 Å². The molecule has 2 heterocycles. The van der Waals surface area contributed by atoms with Crippen LogP contribution in [0.5, 0.6) is 0 Å². The summed E-state index contributed by atoms with van der Waals surface area (Å²) in [6, 6.07) is 0.650. The van der Waals surface area contributed by atoms with Crippen LogP contribution in [0.15, 0.2) is 6.20 Å². The molecule has 2 rings (SSSR count). The van der Waals surface area contributed by atoms with Crippen molar-refractivity contribution in [2.75, 3.05) is 13.1 Å². The smallest absolute Gasteiger partial charge is 0.0931 e. The molecule has 0 bridgehead atoms. The second kappa shape index (κ2) is 6.13. The van der Waals surface area contributed by atoms with Crippen LogP contribution in [0.25, 0.3) is 0 Å². The van der Waals surface area contributed by atoms with Crippen LogP contribution in [0.4, 0.5) is 0 Å². The van der Waals surface area contributed by atoms with E-state index >= 15 is 0 Å². The summed E-state index contributed by atoms with van der Waals surface area (Å²) < 4.78 is 0. The van der Waals surface area contributed by atoms with Crippen molar-refractivity contribution in [2.24, 2.45) is 5.92 Å². The lowest BCUT2D eigenvalue weighted by Gasteiger charge is -2.35. The molecule has 1 N–H and O–H groups in total. The van der Waals surface area contributed by atoms with Crippen molar-refractivity contribution in [1.29, 1.82) is 0 Å². The Kier molecular flexibility index (Phi) is 4.76. The molecule has 1 aromatic heterocycles. The molecular formula is C14H24N2OS. The number of piperidine rings is 1. The van der Waals surface area contributed by atoms with Gasteiger partial charge in [0.05, 0.1) is 16.0 Å². The number of hydrogen-bond donors (Lipinski definition) is 1. The van der Waals surface area contributed by atoms with Crippen LogP contribution in [0.1, 0.15) is 49.6 Å². The number of aliphatic hydroxyl groups is 1. The van der Waals surface area contributed by atoms with Crippen LogP contribution >= 0.6 is 11.3 Å². The summed E-state index contributed by atoms with van der Waals surface area (Å²) in [7, 11) is 0. The van der Waals surface area contributed by atoms with E-state index < -0.39 is 0 Å². The molecule has 102 valence electrons. The Morgan fingerprint density at radius 1 is 1.50 bits per heavy atom. The molecule has 1 aliphatic rings. The maximum atomic E-state index is 9.52. The molecular weight excluding hydrogens is 244 g/mol. The Hall–Kier alpha value is -0.450. The van der Waals surface area contributed by atoms with Gasteiger partial charge in [0.25, 0.3) is 0 Å². The normalized spacial score (nSPS) is 23.5. The van der Waals surface area contributed by atoms with Gasteiger partial charge in [0, 0.05) is 25.2 Å². The van der Waals surface area contributed by atoms with E-state index in [1.165, 1.54) is 30.9 Å². The van der Waals surface area contributed by atoms with Crippen LogP contribution < -0.4 is 0 Å². The minimum absolute atomic E-state index is 0.380. The molecule has 0 radical (unpaired) electrons. The van der Waals surface area contributed by atoms with Gasteiger partial charge in [-0.25, -0.2) is 4.98 Å². The molecule has 1 aromatic rings. The Morgan fingerprint density at radius 3 is 2.89 bits per heavy atom. The first-order valence-corrected chi connectivity index (χ1v) is 7.74. The summed E-state index contributed by atoms with van der Waals surface area (Å²) in [4.78, 5) is 8.00. The summed E-state index contributed by atoms with van der Waals surface area (Å²) >= 11 is 1.66. The van der Waals surface area contributed by atoms with Crippen molar-refractivity contribution in [1.82, 2.24) is 9.88 Å². The first-order chi connectivity index (χ1) is 8.56. The van der Waals surface area contributed by atoms with Gasteiger partial charge in [0.2, 0.25) is 0 Å². The van der Waals surface area contributed by atoms with E-state index in [4.69, 9.17) is 0 Å². The van der Waals surface area contributed by atoms with Crippen LogP contribution in [-0.4, -0.2) is 34.1 Å². The first kappa shape index (κ1) is 14.0. The molecule has 3 nitrogen and oxygen atoms in total. The number of rotatable bonds is 4. The summed E-state index contributed by atoms with van der Waals surface area (Å²) in [6.45, 7) is 8.79. The van der Waals surface area contributed by atoms with Crippen molar-refractivity contribution in [3.05, 3.63) is 16.1 Å². The monoisotopic (exact) mass is 268 g/mol. The lowest BCUT2D eigenvalue weighted by atomic mass is 9.94. The average molecular weight is 268 g/mol. The molecule has 0 amide bonds. The predicted octanol–water partition coefficient (Wildman–Crippen LogP) is 2.86. The fourth-order valence-corrected chi connectivity index (χ4v) is 3.56. The van der Waals surface area contributed by atoms with Gasteiger partial charge in [-0.05, 0) is 46.1 Å². The second-order valence-electron chi connectivity index (χ2n) is 5.63. The quantitative estimate of drug-likeness (QED) is 0.912. The van der Waals surface area contributed by atoms with Crippen molar-refractivity contribution in [2.45, 2.75) is 52.2 Å². The molecule has 1 fully saturated rings. The van der Waals surface area contributed by atoms with E-state index in [0.717, 1.165) is 17.2 Å². The molecule has 1 aliphatic heterocycles. The fraction of sp³-hybridized carbons (Fsp3) is 0.786. The SMILES string of the molecule is CC(O)c1cnc(CC2CCCN(C(C)C)C2)s1. The molecule has 0 spiro atoms. The van der Waals surface area contributed by atoms with E-state index in [2.05, 4.69) is 23.7 Å². The van der Waals surface area contributed by atoms with E-state index in [9.17, 15) is 5.11 Å². The van der Waals surface area contributed by atoms with Crippen molar-refractivity contribution < 1.29 is 5.11 Å². The summed E-state index contributed by atoms with van der Waals surface area (Å²) in [5, 5.41) is 10.7. The number of thiazole rings is 1. The number of likely N-dealkylation sites (tertiary alicyclic amines) is 1. The second-order valence-corrected chi connectivity index (χ2v) is 6.78. The van der Waals surface area contributed by atoms with Gasteiger partial charge >= 0.3 is 0 Å². The zero-order valence-corrected chi connectivity index (χ0v) is 12.4. The summed E-state index contributed by atoms with van der Waals surface area (Å²) in [5.74, 6) is 0.731. The third-order valence-electron chi connectivity index (χ3n) is 3.73. The third kappa shape index (κ3) is 3.53. The minimum Gasteiger partial charge on any atom is -0.388 e. The largest absolute Gasteiger partial charge is 0.388 e. The van der Waals surface area contributed by atoms with E-state index in [0.29, 0.717) is 6.04 Å². The van der Waals surface area contributed by atoms with Crippen LogP contribution in [0, 0.1) is 5.92 Å². The lowest BCUT2D eigenvalue weighted by molar-refractivity contribution is 0.139. The van der Waals surface area contributed by atoms with Crippen LogP contribution in [0.2, 0.25) is 0 Å². The maximum absolute atomic E-state index is 9.52. The first-order valence-electron chi connectivity index (χ1n) is 6.93. The maximum Gasteiger partial charge on any atom is 0.0931 e. The Bertz CT molecular complexity index is 376. The molecule has 0 aromatic carbocycles. The molecule has 18 heavy (non-hydrogen) atoms. The predicted molar refractivity (Wildman–Crippen MR) is 75.9 cm³/mol. The van der Waals surface area contributed by atoms with Crippen LogP contribution in [-0.2, 0) is 6.42 Å². The number of aromatic nitrogens is 1. The average Bonchev–Trinajstić information content (AvgIpc) is 2.78. The topological polar surface area (TPSA) is 36.4 Å². The van der Waals surface area contributed by atoms with E-state index in [1.54, 1.807) is 18.3 Å². The zero-order valence-electron chi connectivity index (χ0n) is 11.6. The summed E-state index contributed by atoms with van der Waals surface area (Å²) in [6.07, 6.45) is 5.13. The number of nitrogens with zero attached hydrogens (tertiary/aromatic N) is 2. The highest BCUT2D eigenvalue weighted by molar-refractivity contribution is 7.11. The van der Waals surface area contributed by atoms with Gasteiger partial charge in [0.1, 0.15) is 0 Å². The molecule has 1 saturated heterocycles.